The van der Waals surface area contributed by atoms with Gasteiger partial charge in [0.15, 0.2) is 0 Å². The molecule has 0 aromatic heterocycles. The molecule has 0 aliphatic carbocycles. The molecule has 0 bridgehead atoms. The smallest absolute Gasteiger partial charge is 0.343 e. The van der Waals surface area contributed by atoms with Crippen LogP contribution in [0.25, 0.3) is 0 Å². The van der Waals surface area contributed by atoms with Crippen LogP contribution in [0.2, 0.25) is 0 Å². The van der Waals surface area contributed by atoms with Crippen molar-refractivity contribution in [2.45, 2.75) is 64.7 Å². The van der Waals surface area contributed by atoms with Gasteiger partial charge in [0.25, 0.3) is 0 Å². The van der Waals surface area contributed by atoms with Gasteiger partial charge in [-0.25, -0.2) is 0 Å². The van der Waals surface area contributed by atoms with Gasteiger partial charge in [-0.05, 0) is 23.5 Å². The zero-order valence-corrected chi connectivity index (χ0v) is 20.9. The van der Waals surface area contributed by atoms with E-state index in [9.17, 15) is 0 Å². The number of halogens is 2. The summed E-state index contributed by atoms with van der Waals surface area (Å²) in [7, 11) is 0.987. The number of rotatable bonds is 9. The van der Waals surface area contributed by atoms with Gasteiger partial charge in [0.2, 0.25) is 0 Å². The molecular formula is C24H35Cl2FeP. The van der Waals surface area contributed by atoms with E-state index >= 15 is 0 Å². The number of hydrogen-bond donors (Lipinski definition) is 0. The summed E-state index contributed by atoms with van der Waals surface area (Å²) < 4.78 is 0. The maximum absolute atomic E-state index is 5.34. The van der Waals surface area contributed by atoms with Crippen molar-refractivity contribution < 1.29 is 17.1 Å². The molecule has 28 heavy (non-hydrogen) atoms. The van der Waals surface area contributed by atoms with E-state index in [1.807, 2.05) is 0 Å². The summed E-state index contributed by atoms with van der Waals surface area (Å²) in [6.45, 7) is 7.96. The molecule has 0 saturated carbocycles. The van der Waals surface area contributed by atoms with E-state index in [0.29, 0.717) is 4.84 Å². The van der Waals surface area contributed by atoms with Crippen molar-refractivity contribution in [2.24, 2.45) is 0 Å². The molecule has 0 nitrogen and oxygen atoms in total. The maximum Gasteiger partial charge on any atom is 2.00 e. The van der Waals surface area contributed by atoms with E-state index in [-0.39, 0.29) is 17.1 Å². The van der Waals surface area contributed by atoms with Crippen LogP contribution >= 0.6 is 31.8 Å². The molecule has 0 fully saturated rings. The summed E-state index contributed by atoms with van der Waals surface area (Å²) in [5.41, 5.74) is 2.90. The SMILES string of the molecule is CCCC[C-](Cl)Cl.[CH2-]CCCC.[Fe+2].c1ccc(CPCc2ccccc2)cc1. The monoisotopic (exact) mass is 480 g/mol. The first-order valence-electron chi connectivity index (χ1n) is 9.88. The zero-order chi connectivity index (χ0) is 20.2. The van der Waals surface area contributed by atoms with E-state index in [2.05, 4.69) is 81.4 Å². The van der Waals surface area contributed by atoms with E-state index in [4.69, 9.17) is 23.2 Å². The molecule has 0 spiro atoms. The van der Waals surface area contributed by atoms with Crippen molar-refractivity contribution >= 4 is 31.8 Å². The van der Waals surface area contributed by atoms with Crippen LogP contribution in [0.5, 0.6) is 0 Å². The molecule has 0 radical (unpaired) electrons. The van der Waals surface area contributed by atoms with Crippen LogP contribution < -0.4 is 0 Å². The van der Waals surface area contributed by atoms with Gasteiger partial charge < -0.3 is 30.1 Å². The molecule has 2 aromatic carbocycles. The number of hydrogen-bond acceptors (Lipinski definition) is 0. The molecule has 2 aromatic rings. The Morgan fingerprint density at radius 3 is 1.46 bits per heavy atom. The van der Waals surface area contributed by atoms with E-state index < -0.39 is 0 Å². The summed E-state index contributed by atoms with van der Waals surface area (Å²) in [4.78, 5) is 0.502. The van der Waals surface area contributed by atoms with Crippen molar-refractivity contribution in [2.75, 3.05) is 0 Å². The Bertz CT molecular complexity index is 479. The van der Waals surface area contributed by atoms with Gasteiger partial charge in [0.1, 0.15) is 0 Å². The van der Waals surface area contributed by atoms with Crippen LogP contribution in [0.4, 0.5) is 0 Å². The van der Waals surface area contributed by atoms with Gasteiger partial charge in [-0.3, -0.25) is 0 Å². The van der Waals surface area contributed by atoms with Crippen molar-refractivity contribution in [1.82, 2.24) is 0 Å². The van der Waals surface area contributed by atoms with Crippen molar-refractivity contribution in [1.29, 1.82) is 0 Å². The standard InChI is InChI=1S/C14H15P.C5H9Cl2.C5H11.Fe/c1-3-7-13(8-4-1)11-15-12-14-9-5-2-6-10-14;1-2-3-4-5(6)7;1-3-5-4-2;/h1-10,15H,11-12H2;2-4H2,1H3;1,3-5H2,2H3;/q;2*-1;+2. The number of unbranched alkanes of at least 4 members (excludes halogenated alkanes) is 3. The Morgan fingerprint density at radius 1 is 0.786 bits per heavy atom. The summed E-state index contributed by atoms with van der Waals surface area (Å²) in [6, 6.07) is 21.4. The minimum atomic E-state index is 0. The molecule has 0 N–H and O–H groups in total. The second kappa shape index (κ2) is 23.3. The molecule has 0 unspecified atom stereocenters. The van der Waals surface area contributed by atoms with Crippen molar-refractivity contribution in [3.05, 3.63) is 83.6 Å². The fourth-order valence-electron chi connectivity index (χ4n) is 2.10. The third-order valence-electron chi connectivity index (χ3n) is 3.67. The molecule has 0 aliphatic heterocycles. The Hall–Kier alpha value is -0.0305. The summed E-state index contributed by atoms with van der Waals surface area (Å²) in [5, 5.41) is 0. The van der Waals surface area contributed by atoms with Gasteiger partial charge in [-0.15, -0.1) is 13.4 Å². The molecule has 0 aliphatic rings. The molecule has 0 atom stereocenters. The van der Waals surface area contributed by atoms with Crippen LogP contribution in [0.3, 0.4) is 0 Å². The second-order valence-corrected chi connectivity index (χ2v) is 8.54. The molecule has 0 amide bonds. The molecule has 4 heteroatoms. The quantitative estimate of drug-likeness (QED) is 0.190. The van der Waals surface area contributed by atoms with Crippen LogP contribution in [0, 0.1) is 11.8 Å². The molecular weight excluding hydrogens is 446 g/mol. The molecule has 0 saturated heterocycles. The van der Waals surface area contributed by atoms with E-state index in [0.717, 1.165) is 34.3 Å². The second-order valence-electron chi connectivity index (χ2n) is 6.22. The summed E-state index contributed by atoms with van der Waals surface area (Å²) in [5.74, 6) is 0. The summed E-state index contributed by atoms with van der Waals surface area (Å²) in [6.07, 6.45) is 9.16. The van der Waals surface area contributed by atoms with Gasteiger partial charge in [0.05, 0.1) is 0 Å². The predicted octanol–water partition coefficient (Wildman–Crippen LogP) is 9.22. The summed E-state index contributed by atoms with van der Waals surface area (Å²) >= 11 is 10.7. The Labute approximate surface area is 196 Å². The Morgan fingerprint density at radius 2 is 1.21 bits per heavy atom. The maximum atomic E-state index is 5.34. The topological polar surface area (TPSA) is 0 Å². The largest absolute Gasteiger partial charge is 2.00 e. The van der Waals surface area contributed by atoms with Crippen molar-refractivity contribution in [3.8, 4) is 0 Å². The fraction of sp³-hybridized carbons (Fsp3) is 0.417. The Balaban J connectivity index is 0. The Kier molecular flexibility index (Phi) is 25.0. The predicted molar refractivity (Wildman–Crippen MR) is 128 cm³/mol. The third-order valence-corrected chi connectivity index (χ3v) is 5.36. The first-order valence-corrected chi connectivity index (χ1v) is 12.1. The minimum Gasteiger partial charge on any atom is -0.343 e. The van der Waals surface area contributed by atoms with E-state index in [1.54, 1.807) is 0 Å². The van der Waals surface area contributed by atoms with E-state index in [1.165, 1.54) is 36.3 Å². The van der Waals surface area contributed by atoms with Gasteiger partial charge in [-0.1, -0.05) is 100 Å². The first kappa shape index (κ1) is 30.2. The van der Waals surface area contributed by atoms with Crippen LogP contribution in [0.15, 0.2) is 60.7 Å². The normalized spacial score (nSPS) is 9.50. The fourth-order valence-corrected chi connectivity index (χ4v) is 3.54. The number of benzene rings is 2. The van der Waals surface area contributed by atoms with Crippen LogP contribution in [0.1, 0.15) is 63.5 Å². The molecule has 2 rings (SSSR count). The third kappa shape index (κ3) is 20.7. The van der Waals surface area contributed by atoms with Gasteiger partial charge in [-0.2, -0.15) is 12.8 Å². The van der Waals surface area contributed by atoms with Crippen molar-refractivity contribution in [3.63, 3.8) is 0 Å². The molecule has 0 heterocycles. The van der Waals surface area contributed by atoms with Crippen LogP contribution in [-0.2, 0) is 29.4 Å². The molecule has 158 valence electrons. The zero-order valence-electron chi connectivity index (χ0n) is 17.2. The van der Waals surface area contributed by atoms with Gasteiger partial charge >= 0.3 is 17.1 Å². The average molecular weight is 481 g/mol. The average Bonchev–Trinajstić information content (AvgIpc) is 2.70. The first-order chi connectivity index (χ1) is 13.1. The van der Waals surface area contributed by atoms with Crippen LogP contribution in [-0.4, -0.2) is 0 Å². The minimum absolute atomic E-state index is 0. The van der Waals surface area contributed by atoms with Gasteiger partial charge in [0, 0.05) is 0 Å².